The molecule has 3 heterocycles. The number of aromatic nitrogens is 3. The van der Waals surface area contributed by atoms with E-state index in [9.17, 15) is 18.3 Å². The molecular formula is C28H28F3N5OS. The molecule has 1 aliphatic heterocycles. The number of alkyl halides is 3. The number of hydrogen-bond donors (Lipinski definition) is 2. The van der Waals surface area contributed by atoms with E-state index in [1.807, 2.05) is 44.3 Å². The molecule has 0 spiro atoms. The predicted octanol–water partition coefficient (Wildman–Crippen LogP) is 6.37. The van der Waals surface area contributed by atoms with Gasteiger partial charge in [-0.15, -0.1) is 11.3 Å². The molecule has 6 nitrogen and oxygen atoms in total. The summed E-state index contributed by atoms with van der Waals surface area (Å²) in [5.74, 6) is 0.391. The van der Waals surface area contributed by atoms with Gasteiger partial charge in [0.15, 0.2) is 0 Å². The van der Waals surface area contributed by atoms with E-state index in [1.165, 1.54) is 17.4 Å². The van der Waals surface area contributed by atoms with E-state index >= 15 is 0 Å². The van der Waals surface area contributed by atoms with Crippen LogP contribution in [0.3, 0.4) is 0 Å². The molecule has 4 aromatic rings. The van der Waals surface area contributed by atoms with Gasteiger partial charge in [-0.3, -0.25) is 0 Å². The van der Waals surface area contributed by atoms with Gasteiger partial charge in [-0.25, -0.2) is 15.0 Å². The Labute approximate surface area is 223 Å². The summed E-state index contributed by atoms with van der Waals surface area (Å²) in [6.45, 7) is 3.40. The Morgan fingerprint density at radius 2 is 1.76 bits per heavy atom. The quantitative estimate of drug-likeness (QED) is 0.297. The van der Waals surface area contributed by atoms with Gasteiger partial charge in [-0.05, 0) is 50.6 Å². The van der Waals surface area contributed by atoms with E-state index in [-0.39, 0.29) is 6.04 Å². The van der Waals surface area contributed by atoms with Crippen LogP contribution in [0.1, 0.15) is 41.9 Å². The number of halogens is 3. The molecule has 1 aliphatic rings. The lowest BCUT2D eigenvalue weighted by molar-refractivity contribution is -0.137. The van der Waals surface area contributed by atoms with Crippen molar-refractivity contribution in [2.75, 3.05) is 25.5 Å². The number of piperidine rings is 1. The van der Waals surface area contributed by atoms with Crippen LogP contribution < -0.4 is 5.32 Å². The van der Waals surface area contributed by atoms with Crippen molar-refractivity contribution < 1.29 is 18.3 Å². The van der Waals surface area contributed by atoms with Crippen molar-refractivity contribution in [1.29, 1.82) is 0 Å². The minimum atomic E-state index is -4.49. The highest BCUT2D eigenvalue weighted by molar-refractivity contribution is 7.15. The number of benzene rings is 2. The number of rotatable bonds is 6. The van der Waals surface area contributed by atoms with Crippen LogP contribution >= 0.6 is 11.3 Å². The molecule has 10 heteroatoms. The highest BCUT2D eigenvalue weighted by Gasteiger charge is 2.37. The Kier molecular flexibility index (Phi) is 7.21. The summed E-state index contributed by atoms with van der Waals surface area (Å²) in [6, 6.07) is 16.6. The molecule has 1 saturated heterocycles. The molecule has 2 N–H and O–H groups in total. The molecule has 0 aliphatic carbocycles. The largest absolute Gasteiger partial charge is 0.416 e. The van der Waals surface area contributed by atoms with E-state index in [1.54, 1.807) is 18.3 Å². The van der Waals surface area contributed by atoms with Gasteiger partial charge >= 0.3 is 6.18 Å². The summed E-state index contributed by atoms with van der Waals surface area (Å²) in [7, 11) is 1.99. The fraction of sp³-hybridized carbons (Fsp3) is 0.321. The van der Waals surface area contributed by atoms with Gasteiger partial charge in [0, 0.05) is 24.8 Å². The summed E-state index contributed by atoms with van der Waals surface area (Å²) in [4.78, 5) is 16.5. The van der Waals surface area contributed by atoms with Gasteiger partial charge in [-0.1, -0.05) is 42.5 Å². The lowest BCUT2D eigenvalue weighted by atomic mass is 9.92. The number of nitrogens with one attached hydrogen (secondary N) is 1. The SMILES string of the molecule is C[C@H](Nc1nccc(-c2sc(C3(O)CCN(C)CC3)nc2-c2cccc(C(F)(F)F)c2)n1)c1ccccc1. The zero-order valence-corrected chi connectivity index (χ0v) is 21.9. The van der Waals surface area contributed by atoms with E-state index in [0.29, 0.717) is 58.7 Å². The van der Waals surface area contributed by atoms with Gasteiger partial charge in [0.25, 0.3) is 0 Å². The van der Waals surface area contributed by atoms with Gasteiger partial charge in [0.2, 0.25) is 5.95 Å². The van der Waals surface area contributed by atoms with E-state index < -0.39 is 17.3 Å². The zero-order chi connectivity index (χ0) is 26.9. The third kappa shape index (κ3) is 5.57. The number of likely N-dealkylation sites (tertiary alicyclic amines) is 1. The van der Waals surface area contributed by atoms with Gasteiger partial charge in [-0.2, -0.15) is 13.2 Å². The third-order valence-electron chi connectivity index (χ3n) is 6.84. The third-order valence-corrected chi connectivity index (χ3v) is 8.11. The number of nitrogens with zero attached hydrogens (tertiary/aromatic N) is 4. The number of aliphatic hydroxyl groups is 1. The maximum Gasteiger partial charge on any atom is 0.416 e. The normalized spacial score (nSPS) is 16.8. The zero-order valence-electron chi connectivity index (χ0n) is 21.0. The highest BCUT2D eigenvalue weighted by atomic mass is 32.1. The second-order valence-electron chi connectivity index (χ2n) is 9.65. The van der Waals surface area contributed by atoms with Crippen molar-refractivity contribution in [3.8, 4) is 21.8 Å². The molecule has 0 unspecified atom stereocenters. The average Bonchev–Trinajstić information content (AvgIpc) is 3.37. The Bertz CT molecular complexity index is 1400. The molecule has 0 radical (unpaired) electrons. The summed E-state index contributed by atoms with van der Waals surface area (Å²) < 4.78 is 40.6. The highest BCUT2D eigenvalue weighted by Crippen LogP contribution is 2.44. The molecular weight excluding hydrogens is 511 g/mol. The van der Waals surface area contributed by atoms with Gasteiger partial charge in [0.05, 0.1) is 27.9 Å². The molecule has 2 aromatic heterocycles. The van der Waals surface area contributed by atoms with Crippen LogP contribution in [0.25, 0.3) is 21.8 Å². The first-order valence-electron chi connectivity index (χ1n) is 12.4. The van der Waals surface area contributed by atoms with Crippen molar-refractivity contribution in [2.45, 2.75) is 37.6 Å². The first-order chi connectivity index (χ1) is 18.1. The Morgan fingerprint density at radius 1 is 1.03 bits per heavy atom. The van der Waals surface area contributed by atoms with Crippen LogP contribution in [0, 0.1) is 0 Å². The van der Waals surface area contributed by atoms with Crippen molar-refractivity contribution >= 4 is 17.3 Å². The van der Waals surface area contributed by atoms with Crippen LogP contribution in [0.4, 0.5) is 19.1 Å². The lowest BCUT2D eigenvalue weighted by Crippen LogP contribution is -2.40. The van der Waals surface area contributed by atoms with Gasteiger partial charge in [0.1, 0.15) is 10.6 Å². The molecule has 2 aromatic carbocycles. The molecule has 198 valence electrons. The maximum atomic E-state index is 13.5. The number of anilines is 1. The summed E-state index contributed by atoms with van der Waals surface area (Å²) in [5, 5.41) is 15.3. The second-order valence-corrected chi connectivity index (χ2v) is 10.7. The Balaban J connectivity index is 1.56. The maximum absolute atomic E-state index is 13.5. The Morgan fingerprint density at radius 3 is 2.47 bits per heavy atom. The summed E-state index contributed by atoms with van der Waals surface area (Å²) >= 11 is 1.27. The topological polar surface area (TPSA) is 74.2 Å². The fourth-order valence-corrected chi connectivity index (χ4v) is 5.71. The fourth-order valence-electron chi connectivity index (χ4n) is 4.51. The van der Waals surface area contributed by atoms with Crippen LogP contribution in [-0.2, 0) is 11.8 Å². The molecule has 0 amide bonds. The van der Waals surface area contributed by atoms with Crippen LogP contribution in [0.2, 0.25) is 0 Å². The van der Waals surface area contributed by atoms with E-state index in [2.05, 4.69) is 15.2 Å². The van der Waals surface area contributed by atoms with Crippen LogP contribution in [-0.4, -0.2) is 45.1 Å². The van der Waals surface area contributed by atoms with Crippen molar-refractivity contribution in [3.05, 3.63) is 83.0 Å². The summed E-state index contributed by atoms with van der Waals surface area (Å²) in [6.07, 6.45) is -1.89. The molecule has 38 heavy (non-hydrogen) atoms. The van der Waals surface area contributed by atoms with Crippen molar-refractivity contribution in [3.63, 3.8) is 0 Å². The molecule has 1 atom stereocenters. The molecule has 1 fully saturated rings. The Hall–Kier alpha value is -3.34. The molecule has 0 saturated carbocycles. The number of hydrogen-bond acceptors (Lipinski definition) is 7. The minimum absolute atomic E-state index is 0.0636. The first kappa shape index (κ1) is 26.3. The lowest BCUT2D eigenvalue weighted by Gasteiger charge is -2.34. The van der Waals surface area contributed by atoms with Crippen LogP contribution in [0.15, 0.2) is 66.9 Å². The van der Waals surface area contributed by atoms with E-state index in [4.69, 9.17) is 9.97 Å². The van der Waals surface area contributed by atoms with Crippen molar-refractivity contribution in [1.82, 2.24) is 19.9 Å². The standard InChI is InChI=1S/C28H28F3N5OS/c1-18(19-7-4-3-5-8-19)33-26-32-14-11-22(34-26)24-23(20-9-6-10-21(17-20)28(29,30)31)35-25(38-24)27(37)12-15-36(2)16-13-27/h3-11,14,17-18,37H,12-13,15-16H2,1-2H3,(H,32,33,34)/t18-/m0/s1. The van der Waals surface area contributed by atoms with Crippen molar-refractivity contribution in [2.24, 2.45) is 0 Å². The minimum Gasteiger partial charge on any atom is -0.383 e. The molecule has 5 rings (SSSR count). The average molecular weight is 540 g/mol. The second kappa shape index (κ2) is 10.4. The predicted molar refractivity (Wildman–Crippen MR) is 143 cm³/mol. The van der Waals surface area contributed by atoms with E-state index in [0.717, 1.165) is 17.7 Å². The van der Waals surface area contributed by atoms with Crippen LogP contribution in [0.5, 0.6) is 0 Å². The number of thiazole rings is 1. The molecule has 0 bridgehead atoms. The smallest absolute Gasteiger partial charge is 0.383 e. The van der Waals surface area contributed by atoms with Gasteiger partial charge < -0.3 is 15.3 Å². The summed E-state index contributed by atoms with van der Waals surface area (Å²) in [5.41, 5.74) is 0.368. The monoisotopic (exact) mass is 539 g/mol. The first-order valence-corrected chi connectivity index (χ1v) is 13.2.